The molecule has 0 N–H and O–H groups in total. The van der Waals surface area contributed by atoms with Gasteiger partial charge in [-0.2, -0.15) is 0 Å². The summed E-state index contributed by atoms with van der Waals surface area (Å²) >= 11 is 0. The molecule has 0 aliphatic heterocycles. The van der Waals surface area contributed by atoms with Gasteiger partial charge in [0.15, 0.2) is 0 Å². The molecule has 0 bridgehead atoms. The highest BCUT2D eigenvalue weighted by Crippen LogP contribution is 2.32. The van der Waals surface area contributed by atoms with Gasteiger partial charge < -0.3 is 4.74 Å². The first-order chi connectivity index (χ1) is 14.7. The van der Waals surface area contributed by atoms with Crippen LogP contribution in [0.4, 0.5) is 11.4 Å². The van der Waals surface area contributed by atoms with Gasteiger partial charge in [0.25, 0.3) is 15.7 Å². The van der Waals surface area contributed by atoms with Gasteiger partial charge in [-0.25, -0.2) is 8.42 Å². The Bertz CT molecular complexity index is 1140. The number of nitro groups is 1. The second-order valence-electron chi connectivity index (χ2n) is 7.27. The second kappa shape index (κ2) is 9.18. The van der Waals surface area contributed by atoms with Crippen LogP contribution in [0.2, 0.25) is 0 Å². The molecule has 3 rings (SSSR count). The fourth-order valence-electron chi connectivity index (χ4n) is 3.39. The predicted molar refractivity (Wildman–Crippen MR) is 120 cm³/mol. The van der Waals surface area contributed by atoms with Crippen LogP contribution in [0.1, 0.15) is 18.1 Å². The van der Waals surface area contributed by atoms with Gasteiger partial charge in [-0.05, 0) is 56.2 Å². The summed E-state index contributed by atoms with van der Waals surface area (Å²) in [5.41, 5.74) is 2.01. The van der Waals surface area contributed by atoms with E-state index in [1.807, 2.05) is 50.2 Å². The summed E-state index contributed by atoms with van der Waals surface area (Å²) in [7, 11) is -4.01. The molecule has 162 valence electrons. The van der Waals surface area contributed by atoms with Crippen LogP contribution in [0.3, 0.4) is 0 Å². The number of aryl methyl sites for hydroxylation is 2. The number of anilines is 1. The first-order valence-corrected chi connectivity index (χ1v) is 11.2. The lowest BCUT2D eigenvalue weighted by molar-refractivity contribution is -0.384. The van der Waals surface area contributed by atoms with Crippen molar-refractivity contribution in [2.24, 2.45) is 0 Å². The van der Waals surface area contributed by atoms with E-state index >= 15 is 0 Å². The average Bonchev–Trinajstić information content (AvgIpc) is 2.75. The molecular weight excluding hydrogens is 416 g/mol. The standard InChI is InChI=1S/C23H24N2O5S/c1-17-8-7-9-18(2)23(17)24(19(3)16-30-21-10-5-4-6-11-21)31(28,29)22-14-12-20(13-15-22)25(26)27/h4-15,19H,16H2,1-3H3/t19-/m0/s1. The van der Waals surface area contributed by atoms with Gasteiger partial charge in [-0.15, -0.1) is 0 Å². The zero-order valence-electron chi connectivity index (χ0n) is 17.6. The van der Waals surface area contributed by atoms with Crippen molar-refractivity contribution >= 4 is 21.4 Å². The fraction of sp³-hybridized carbons (Fsp3) is 0.217. The molecule has 0 aliphatic rings. The molecule has 0 amide bonds. The van der Waals surface area contributed by atoms with Crippen molar-refractivity contribution in [3.05, 3.63) is 94.0 Å². The number of nitro benzene ring substituents is 1. The molecule has 1 atom stereocenters. The largest absolute Gasteiger partial charge is 0.491 e. The minimum atomic E-state index is -4.01. The first kappa shape index (κ1) is 22.3. The molecular formula is C23H24N2O5S. The lowest BCUT2D eigenvalue weighted by Crippen LogP contribution is -2.43. The van der Waals surface area contributed by atoms with E-state index in [9.17, 15) is 18.5 Å². The summed E-state index contributed by atoms with van der Waals surface area (Å²) in [4.78, 5) is 10.4. The molecule has 7 nitrogen and oxygen atoms in total. The highest BCUT2D eigenvalue weighted by molar-refractivity contribution is 7.92. The smallest absolute Gasteiger partial charge is 0.269 e. The Kier molecular flexibility index (Phi) is 6.60. The topological polar surface area (TPSA) is 89.8 Å². The highest BCUT2D eigenvalue weighted by atomic mass is 32.2. The van der Waals surface area contributed by atoms with E-state index in [0.717, 1.165) is 11.1 Å². The van der Waals surface area contributed by atoms with Gasteiger partial charge in [0.1, 0.15) is 12.4 Å². The van der Waals surface area contributed by atoms with Crippen molar-refractivity contribution in [3.63, 3.8) is 0 Å². The zero-order chi connectivity index (χ0) is 22.6. The molecule has 0 heterocycles. The van der Waals surface area contributed by atoms with Gasteiger partial charge in [-0.3, -0.25) is 14.4 Å². The number of sulfonamides is 1. The van der Waals surface area contributed by atoms with Crippen molar-refractivity contribution in [3.8, 4) is 5.75 Å². The maximum atomic E-state index is 13.7. The summed E-state index contributed by atoms with van der Waals surface area (Å²) < 4.78 is 34.5. The molecule has 0 aromatic heterocycles. The van der Waals surface area contributed by atoms with Crippen LogP contribution in [0.5, 0.6) is 5.75 Å². The molecule has 0 unspecified atom stereocenters. The number of hydrogen-bond acceptors (Lipinski definition) is 5. The van der Waals surface area contributed by atoms with Crippen LogP contribution >= 0.6 is 0 Å². The molecule has 0 aliphatic carbocycles. The third-order valence-corrected chi connectivity index (χ3v) is 6.83. The van der Waals surface area contributed by atoms with E-state index < -0.39 is 21.0 Å². The second-order valence-corrected chi connectivity index (χ2v) is 9.08. The minimum absolute atomic E-state index is 0.0210. The van der Waals surface area contributed by atoms with Gasteiger partial charge in [0, 0.05) is 12.1 Å². The van der Waals surface area contributed by atoms with Crippen molar-refractivity contribution in [1.82, 2.24) is 0 Å². The SMILES string of the molecule is Cc1cccc(C)c1N([C@@H](C)COc1ccccc1)S(=O)(=O)c1ccc([N+](=O)[O-])cc1. The van der Waals surface area contributed by atoms with Crippen LogP contribution < -0.4 is 9.04 Å². The van der Waals surface area contributed by atoms with Crippen molar-refractivity contribution in [2.75, 3.05) is 10.9 Å². The van der Waals surface area contributed by atoms with Crippen molar-refractivity contribution < 1.29 is 18.1 Å². The third-order valence-electron chi connectivity index (χ3n) is 4.90. The van der Waals surface area contributed by atoms with Crippen LogP contribution in [0, 0.1) is 24.0 Å². The molecule has 31 heavy (non-hydrogen) atoms. The van der Waals surface area contributed by atoms with E-state index in [0.29, 0.717) is 11.4 Å². The normalized spacial score (nSPS) is 12.2. The van der Waals surface area contributed by atoms with Crippen LogP contribution in [0.15, 0.2) is 77.7 Å². The monoisotopic (exact) mass is 440 g/mol. The summed E-state index contributed by atoms with van der Waals surface area (Å²) in [6.45, 7) is 5.61. The molecule has 0 saturated carbocycles. The number of non-ortho nitro benzene ring substituents is 1. The predicted octanol–water partition coefficient (Wildman–Crippen LogP) is 4.87. The highest BCUT2D eigenvalue weighted by Gasteiger charge is 2.32. The summed E-state index contributed by atoms with van der Waals surface area (Å²) in [6.07, 6.45) is 0. The molecule has 0 radical (unpaired) electrons. The minimum Gasteiger partial charge on any atom is -0.491 e. The van der Waals surface area contributed by atoms with E-state index in [1.165, 1.54) is 28.6 Å². The van der Waals surface area contributed by atoms with Gasteiger partial charge in [-0.1, -0.05) is 36.4 Å². The number of hydrogen-bond donors (Lipinski definition) is 0. The first-order valence-electron chi connectivity index (χ1n) is 9.75. The summed E-state index contributed by atoms with van der Waals surface area (Å²) in [5.74, 6) is 0.642. The number of nitrogens with zero attached hydrogens (tertiary/aromatic N) is 2. The van der Waals surface area contributed by atoms with Crippen molar-refractivity contribution in [2.45, 2.75) is 31.7 Å². The quantitative estimate of drug-likeness (QED) is 0.368. The van der Waals surface area contributed by atoms with Gasteiger partial charge >= 0.3 is 0 Å². The Morgan fingerprint density at radius 3 is 2.06 bits per heavy atom. The Balaban J connectivity index is 2.03. The van der Waals surface area contributed by atoms with Crippen molar-refractivity contribution in [1.29, 1.82) is 0 Å². The molecule has 3 aromatic carbocycles. The maximum Gasteiger partial charge on any atom is 0.269 e. The molecule has 8 heteroatoms. The number of ether oxygens (including phenoxy) is 1. The number of para-hydroxylation sites is 2. The van der Waals surface area contributed by atoms with E-state index in [-0.39, 0.29) is 17.2 Å². The summed E-state index contributed by atoms with van der Waals surface area (Å²) in [5, 5.41) is 11.0. The van der Waals surface area contributed by atoms with Crippen LogP contribution in [-0.4, -0.2) is 26.0 Å². The fourth-order valence-corrected chi connectivity index (χ4v) is 5.16. The Hall–Kier alpha value is -3.39. The van der Waals surface area contributed by atoms with Gasteiger partial charge in [0.2, 0.25) is 0 Å². The molecule has 0 spiro atoms. The maximum absolute atomic E-state index is 13.7. The molecule has 0 saturated heterocycles. The Labute approximate surface area is 182 Å². The van der Waals surface area contributed by atoms with Crippen LogP contribution in [-0.2, 0) is 10.0 Å². The van der Waals surface area contributed by atoms with Crippen LogP contribution in [0.25, 0.3) is 0 Å². The molecule has 3 aromatic rings. The molecule has 0 fully saturated rings. The lowest BCUT2D eigenvalue weighted by atomic mass is 10.1. The van der Waals surface area contributed by atoms with E-state index in [4.69, 9.17) is 4.74 Å². The van der Waals surface area contributed by atoms with E-state index in [1.54, 1.807) is 19.1 Å². The number of rotatable bonds is 8. The third kappa shape index (κ3) is 4.86. The zero-order valence-corrected chi connectivity index (χ0v) is 18.4. The van der Waals surface area contributed by atoms with E-state index in [2.05, 4.69) is 0 Å². The average molecular weight is 441 g/mol. The Morgan fingerprint density at radius 2 is 1.52 bits per heavy atom. The number of benzene rings is 3. The van der Waals surface area contributed by atoms with Gasteiger partial charge in [0.05, 0.1) is 21.5 Å². The summed E-state index contributed by atoms with van der Waals surface area (Å²) in [6, 6.07) is 19.1. The lowest BCUT2D eigenvalue weighted by Gasteiger charge is -2.32. The Morgan fingerprint density at radius 1 is 0.935 bits per heavy atom.